The minimum absolute atomic E-state index is 0.0716. The summed E-state index contributed by atoms with van der Waals surface area (Å²) in [7, 11) is -3.13. The summed E-state index contributed by atoms with van der Waals surface area (Å²) < 4.78 is 25.7. The number of pyridine rings is 1. The number of nitrogens with one attached hydrogen (secondary N) is 2. The molecule has 0 bridgehead atoms. The fourth-order valence-corrected chi connectivity index (χ4v) is 3.04. The molecule has 1 rings (SSSR count). The van der Waals surface area contributed by atoms with Gasteiger partial charge >= 0.3 is 0 Å². The highest BCUT2D eigenvalue weighted by atomic mass is 32.2. The van der Waals surface area contributed by atoms with Crippen molar-refractivity contribution in [1.82, 2.24) is 15.0 Å². The molecule has 114 valence electrons. The van der Waals surface area contributed by atoms with Crippen LogP contribution in [0.25, 0.3) is 0 Å². The summed E-state index contributed by atoms with van der Waals surface area (Å²) in [4.78, 5) is 4.28. The molecule has 0 fully saturated rings. The van der Waals surface area contributed by atoms with Gasteiger partial charge in [-0.25, -0.2) is 13.1 Å². The Labute approximate surface area is 122 Å². The molecule has 1 aromatic rings. The fourth-order valence-electron chi connectivity index (χ4n) is 1.86. The van der Waals surface area contributed by atoms with E-state index in [9.17, 15) is 8.42 Å². The lowest BCUT2D eigenvalue weighted by Crippen LogP contribution is -2.39. The third-order valence-corrected chi connectivity index (χ3v) is 4.63. The number of hydrogen-bond acceptors (Lipinski definition) is 4. The zero-order chi connectivity index (χ0) is 15.2. The van der Waals surface area contributed by atoms with Crippen molar-refractivity contribution in [3.8, 4) is 0 Å². The molecule has 0 aliphatic carbocycles. The van der Waals surface area contributed by atoms with Gasteiger partial charge in [0, 0.05) is 31.0 Å². The third kappa shape index (κ3) is 5.98. The van der Waals surface area contributed by atoms with Crippen LogP contribution < -0.4 is 10.0 Å². The van der Waals surface area contributed by atoms with Gasteiger partial charge in [-0.2, -0.15) is 0 Å². The summed E-state index contributed by atoms with van der Waals surface area (Å²) in [5.41, 5.74) is 3.34. The predicted octanol–water partition coefficient (Wildman–Crippen LogP) is 1.51. The van der Waals surface area contributed by atoms with Gasteiger partial charge in [-0.05, 0) is 44.4 Å². The van der Waals surface area contributed by atoms with E-state index in [4.69, 9.17) is 0 Å². The molecule has 0 aromatic carbocycles. The molecule has 1 atom stereocenters. The normalized spacial score (nSPS) is 13.4. The van der Waals surface area contributed by atoms with Crippen molar-refractivity contribution in [2.45, 2.75) is 46.7 Å². The van der Waals surface area contributed by atoms with Crippen molar-refractivity contribution in [3.05, 3.63) is 29.1 Å². The first-order chi connectivity index (χ1) is 9.34. The number of hydrogen-bond donors (Lipinski definition) is 2. The highest BCUT2D eigenvalue weighted by Gasteiger charge is 2.10. The maximum absolute atomic E-state index is 11.6. The van der Waals surface area contributed by atoms with Crippen LogP contribution in [0.3, 0.4) is 0 Å². The van der Waals surface area contributed by atoms with Crippen molar-refractivity contribution in [1.29, 1.82) is 0 Å². The first-order valence-electron chi connectivity index (χ1n) is 6.97. The monoisotopic (exact) mass is 299 g/mol. The summed E-state index contributed by atoms with van der Waals surface area (Å²) in [6.45, 7) is 8.94. The van der Waals surface area contributed by atoms with Crippen LogP contribution in [0.5, 0.6) is 0 Å². The van der Waals surface area contributed by atoms with Crippen molar-refractivity contribution in [2.75, 3.05) is 12.3 Å². The molecule has 20 heavy (non-hydrogen) atoms. The summed E-state index contributed by atoms with van der Waals surface area (Å²) in [5.74, 6) is 0.181. The van der Waals surface area contributed by atoms with E-state index < -0.39 is 10.0 Å². The van der Waals surface area contributed by atoms with Crippen LogP contribution in [0, 0.1) is 13.8 Å². The molecule has 2 N–H and O–H groups in total. The van der Waals surface area contributed by atoms with Gasteiger partial charge in [-0.3, -0.25) is 4.98 Å². The van der Waals surface area contributed by atoms with Gasteiger partial charge in [-0.1, -0.05) is 6.92 Å². The Balaban J connectivity index is 2.42. The lowest BCUT2D eigenvalue weighted by Gasteiger charge is -2.15. The average molecular weight is 299 g/mol. The van der Waals surface area contributed by atoms with Gasteiger partial charge in [0.25, 0.3) is 0 Å². The topological polar surface area (TPSA) is 71.1 Å². The number of rotatable bonds is 8. The third-order valence-electron chi connectivity index (χ3n) is 3.08. The van der Waals surface area contributed by atoms with E-state index in [1.807, 2.05) is 33.0 Å². The molecule has 5 nitrogen and oxygen atoms in total. The summed E-state index contributed by atoms with van der Waals surface area (Å²) in [5, 5.41) is 3.31. The highest BCUT2D eigenvalue weighted by Crippen LogP contribution is 2.07. The Bertz CT molecular complexity index is 529. The summed E-state index contributed by atoms with van der Waals surface area (Å²) in [6.07, 6.45) is 2.50. The van der Waals surface area contributed by atoms with Crippen molar-refractivity contribution >= 4 is 10.0 Å². The molecule has 0 amide bonds. The number of sulfonamides is 1. The molecule has 0 aliphatic rings. The molecular weight excluding hydrogens is 274 g/mol. The maximum Gasteiger partial charge on any atom is 0.211 e. The number of aromatic nitrogens is 1. The Morgan fingerprint density at radius 1 is 1.35 bits per heavy atom. The molecule has 1 unspecified atom stereocenters. The van der Waals surface area contributed by atoms with E-state index in [-0.39, 0.29) is 11.8 Å². The quantitative estimate of drug-likeness (QED) is 0.763. The van der Waals surface area contributed by atoms with E-state index >= 15 is 0 Å². The summed E-state index contributed by atoms with van der Waals surface area (Å²) >= 11 is 0. The molecule has 0 aliphatic heterocycles. The van der Waals surface area contributed by atoms with E-state index in [1.165, 1.54) is 5.56 Å². The standard InChI is InChI=1S/C14H25N3O2S/c1-5-6-20(18,19)17-8-13(4)16-10-14-9-15-12(3)7-11(14)2/h7,9,13,16-17H,5-6,8,10H2,1-4H3. The minimum Gasteiger partial charge on any atom is -0.309 e. The average Bonchev–Trinajstić information content (AvgIpc) is 2.35. The van der Waals surface area contributed by atoms with Crippen LogP contribution in [-0.2, 0) is 16.6 Å². The Morgan fingerprint density at radius 3 is 2.65 bits per heavy atom. The van der Waals surface area contributed by atoms with Crippen molar-refractivity contribution < 1.29 is 8.42 Å². The Hall–Kier alpha value is -0.980. The number of nitrogens with zero attached hydrogens (tertiary/aromatic N) is 1. The van der Waals surface area contributed by atoms with Gasteiger partial charge in [0.2, 0.25) is 10.0 Å². The second kappa shape index (κ2) is 7.71. The van der Waals surface area contributed by atoms with Gasteiger partial charge in [-0.15, -0.1) is 0 Å². The predicted molar refractivity (Wildman–Crippen MR) is 82.1 cm³/mol. The zero-order valence-corrected chi connectivity index (χ0v) is 13.5. The van der Waals surface area contributed by atoms with E-state index in [1.54, 1.807) is 0 Å². The van der Waals surface area contributed by atoms with E-state index in [2.05, 4.69) is 21.9 Å². The molecular formula is C14H25N3O2S. The minimum atomic E-state index is -3.13. The van der Waals surface area contributed by atoms with Crippen LogP contribution in [0.1, 0.15) is 37.1 Å². The van der Waals surface area contributed by atoms with Crippen LogP contribution in [0.4, 0.5) is 0 Å². The summed E-state index contributed by atoms with van der Waals surface area (Å²) in [6, 6.07) is 2.12. The first kappa shape index (κ1) is 17.1. The van der Waals surface area contributed by atoms with Crippen LogP contribution in [0.2, 0.25) is 0 Å². The van der Waals surface area contributed by atoms with Gasteiger partial charge in [0.15, 0.2) is 0 Å². The van der Waals surface area contributed by atoms with E-state index in [0.29, 0.717) is 19.5 Å². The largest absolute Gasteiger partial charge is 0.309 e. The van der Waals surface area contributed by atoms with Gasteiger partial charge in [0.05, 0.1) is 5.75 Å². The SMILES string of the molecule is CCCS(=O)(=O)NCC(C)NCc1cnc(C)cc1C. The molecule has 0 saturated carbocycles. The van der Waals surface area contributed by atoms with E-state index in [0.717, 1.165) is 11.3 Å². The first-order valence-corrected chi connectivity index (χ1v) is 8.62. The fraction of sp³-hybridized carbons (Fsp3) is 0.643. The smallest absolute Gasteiger partial charge is 0.211 e. The lowest BCUT2D eigenvalue weighted by atomic mass is 10.1. The Kier molecular flexibility index (Phi) is 6.58. The van der Waals surface area contributed by atoms with Crippen molar-refractivity contribution in [3.63, 3.8) is 0 Å². The molecule has 1 aromatic heterocycles. The van der Waals surface area contributed by atoms with Crippen LogP contribution >= 0.6 is 0 Å². The van der Waals surface area contributed by atoms with Crippen molar-refractivity contribution in [2.24, 2.45) is 0 Å². The second-order valence-electron chi connectivity index (χ2n) is 5.20. The maximum atomic E-state index is 11.6. The highest BCUT2D eigenvalue weighted by molar-refractivity contribution is 7.89. The zero-order valence-electron chi connectivity index (χ0n) is 12.7. The molecule has 0 saturated heterocycles. The lowest BCUT2D eigenvalue weighted by molar-refractivity contribution is 0.523. The second-order valence-corrected chi connectivity index (χ2v) is 7.13. The van der Waals surface area contributed by atoms with Crippen LogP contribution in [0.15, 0.2) is 12.3 Å². The number of aryl methyl sites for hydroxylation is 2. The van der Waals surface area contributed by atoms with Gasteiger partial charge in [0.1, 0.15) is 0 Å². The molecule has 0 spiro atoms. The molecule has 1 heterocycles. The molecule has 0 radical (unpaired) electrons. The molecule has 6 heteroatoms. The Morgan fingerprint density at radius 2 is 2.05 bits per heavy atom. The van der Waals surface area contributed by atoms with Gasteiger partial charge < -0.3 is 5.32 Å². The van der Waals surface area contributed by atoms with Crippen LogP contribution in [-0.4, -0.2) is 31.7 Å².